The van der Waals surface area contributed by atoms with Gasteiger partial charge in [-0.3, -0.25) is 4.57 Å². The predicted octanol–water partition coefficient (Wildman–Crippen LogP) is -0.352. The van der Waals surface area contributed by atoms with E-state index in [0.29, 0.717) is 6.42 Å². The summed E-state index contributed by atoms with van der Waals surface area (Å²) >= 11 is 0. The van der Waals surface area contributed by atoms with Crippen LogP contribution in [0.4, 0.5) is 0 Å². The van der Waals surface area contributed by atoms with Crippen LogP contribution in [0.3, 0.4) is 0 Å². The molecule has 0 fully saturated rings. The Morgan fingerprint density at radius 2 is 2.17 bits per heavy atom. The maximum absolute atomic E-state index is 10.3. The van der Waals surface area contributed by atoms with Crippen molar-refractivity contribution in [2.24, 2.45) is 0 Å². The number of rotatable bonds is 6. The van der Waals surface area contributed by atoms with Gasteiger partial charge in [0, 0.05) is 6.54 Å². The van der Waals surface area contributed by atoms with E-state index < -0.39 is 20.0 Å². The molecule has 0 spiro atoms. The van der Waals surface area contributed by atoms with Gasteiger partial charge >= 0.3 is 7.60 Å². The van der Waals surface area contributed by atoms with Gasteiger partial charge in [0.2, 0.25) is 0 Å². The zero-order valence-electron chi connectivity index (χ0n) is 6.68. The van der Waals surface area contributed by atoms with E-state index in [0.717, 1.165) is 0 Å². The summed E-state index contributed by atoms with van der Waals surface area (Å²) in [6.45, 7) is 3.58. The molecule has 1 unspecified atom stereocenters. The molecule has 0 aliphatic heterocycles. The first-order chi connectivity index (χ1) is 5.45. The fraction of sp³-hybridized carbons (Fsp3) is 0.667. The lowest BCUT2D eigenvalue weighted by atomic mass is 10.2. The second-order valence-electron chi connectivity index (χ2n) is 2.46. The van der Waals surface area contributed by atoms with Gasteiger partial charge in [-0.25, -0.2) is 0 Å². The average molecular weight is 195 g/mol. The topological polar surface area (TPSA) is 89.8 Å². The number of hydrogen-bond donors (Lipinski definition) is 4. The number of hydrogen-bond acceptors (Lipinski definition) is 3. The molecule has 4 N–H and O–H groups in total. The quantitative estimate of drug-likeness (QED) is 0.343. The van der Waals surface area contributed by atoms with Crippen LogP contribution < -0.4 is 5.32 Å². The summed E-state index contributed by atoms with van der Waals surface area (Å²) in [4.78, 5) is 16.8. The Morgan fingerprint density at radius 1 is 1.58 bits per heavy atom. The van der Waals surface area contributed by atoms with Gasteiger partial charge in [-0.2, -0.15) is 0 Å². The molecule has 0 aromatic carbocycles. The second-order valence-corrected chi connectivity index (χ2v) is 4.10. The number of nitrogens with one attached hydrogen (secondary N) is 1. The maximum atomic E-state index is 10.3. The van der Waals surface area contributed by atoms with E-state index in [1.54, 1.807) is 6.08 Å². The normalized spacial score (nSPS) is 14.2. The zero-order valence-corrected chi connectivity index (χ0v) is 7.57. The Balaban J connectivity index is 3.43. The molecule has 0 saturated heterocycles. The van der Waals surface area contributed by atoms with Gasteiger partial charge in [-0.15, -0.1) is 6.58 Å². The monoisotopic (exact) mass is 195 g/mol. The highest BCUT2D eigenvalue weighted by atomic mass is 31.2. The van der Waals surface area contributed by atoms with Gasteiger partial charge in [-0.05, 0) is 6.42 Å². The molecular formula is C6H14NO4P. The van der Waals surface area contributed by atoms with Crippen LogP contribution in [0.5, 0.6) is 0 Å². The summed E-state index contributed by atoms with van der Waals surface area (Å²) in [5.74, 6) is 0. The van der Waals surface area contributed by atoms with Crippen LogP contribution in [-0.2, 0) is 4.57 Å². The molecule has 0 amide bonds. The molecule has 0 aliphatic rings. The molecule has 5 nitrogen and oxygen atoms in total. The van der Waals surface area contributed by atoms with Crippen LogP contribution in [0.15, 0.2) is 12.7 Å². The van der Waals surface area contributed by atoms with Crippen molar-refractivity contribution < 1.29 is 19.5 Å². The first-order valence-electron chi connectivity index (χ1n) is 3.50. The Labute approximate surface area is 71.3 Å². The maximum Gasteiger partial charge on any atom is 0.339 e. The van der Waals surface area contributed by atoms with Crippen LogP contribution >= 0.6 is 7.60 Å². The van der Waals surface area contributed by atoms with E-state index in [4.69, 9.17) is 14.9 Å². The van der Waals surface area contributed by atoms with E-state index in [1.165, 1.54) is 0 Å². The number of aliphatic hydroxyl groups excluding tert-OH is 1. The van der Waals surface area contributed by atoms with E-state index >= 15 is 0 Å². The van der Waals surface area contributed by atoms with Crippen molar-refractivity contribution in [2.75, 3.05) is 12.8 Å². The van der Waals surface area contributed by atoms with E-state index in [9.17, 15) is 4.57 Å². The highest BCUT2D eigenvalue weighted by Crippen LogP contribution is 2.31. The Hall–Kier alpha value is -0.190. The molecule has 0 aromatic heterocycles. The summed E-state index contributed by atoms with van der Waals surface area (Å²) < 4.78 is 10.3. The lowest BCUT2D eigenvalue weighted by Crippen LogP contribution is -2.27. The largest absolute Gasteiger partial charge is 0.391 e. The molecule has 1 atom stereocenters. The van der Waals surface area contributed by atoms with E-state index in [1.807, 2.05) is 0 Å². The third kappa shape index (κ3) is 7.91. The highest BCUT2D eigenvalue weighted by molar-refractivity contribution is 7.51. The summed E-state index contributed by atoms with van der Waals surface area (Å²) in [7, 11) is -3.99. The molecule has 0 rings (SSSR count). The van der Waals surface area contributed by atoms with Gasteiger partial charge in [0.1, 0.15) is 0 Å². The Morgan fingerprint density at radius 3 is 2.58 bits per heavy atom. The molecule has 0 radical (unpaired) electrons. The summed E-state index contributed by atoms with van der Waals surface area (Å²) in [5.41, 5.74) is 0. The minimum absolute atomic E-state index is 0.164. The van der Waals surface area contributed by atoms with Crippen molar-refractivity contribution in [3.63, 3.8) is 0 Å². The van der Waals surface area contributed by atoms with Crippen molar-refractivity contribution in [2.45, 2.75) is 12.5 Å². The summed E-state index contributed by atoms with van der Waals surface area (Å²) in [6, 6.07) is 0. The van der Waals surface area contributed by atoms with Crippen molar-refractivity contribution in [1.29, 1.82) is 0 Å². The Kier molecular flexibility index (Phi) is 5.37. The van der Waals surface area contributed by atoms with Crippen LogP contribution in [-0.4, -0.2) is 33.8 Å². The van der Waals surface area contributed by atoms with Crippen LogP contribution in [0.25, 0.3) is 0 Å². The van der Waals surface area contributed by atoms with Crippen LogP contribution in [0.2, 0.25) is 0 Å². The lowest BCUT2D eigenvalue weighted by molar-refractivity contribution is 0.176. The second kappa shape index (κ2) is 5.45. The zero-order chi connectivity index (χ0) is 9.61. The lowest BCUT2D eigenvalue weighted by Gasteiger charge is -2.09. The Bertz CT molecular complexity index is 178. The third-order valence-corrected chi connectivity index (χ3v) is 1.77. The summed E-state index contributed by atoms with van der Waals surface area (Å²) in [6.07, 6.45) is 0.924. The molecule has 0 saturated carbocycles. The van der Waals surface area contributed by atoms with E-state index in [2.05, 4.69) is 11.9 Å². The minimum atomic E-state index is -3.99. The van der Waals surface area contributed by atoms with Gasteiger partial charge < -0.3 is 20.2 Å². The first-order valence-corrected chi connectivity index (χ1v) is 5.29. The fourth-order valence-corrected chi connectivity index (χ4v) is 1.07. The highest BCUT2D eigenvalue weighted by Gasteiger charge is 2.12. The molecule has 0 bridgehead atoms. The summed E-state index contributed by atoms with van der Waals surface area (Å²) in [5, 5.41) is 11.5. The van der Waals surface area contributed by atoms with Crippen molar-refractivity contribution in [3.8, 4) is 0 Å². The average Bonchev–Trinajstić information content (AvgIpc) is 1.84. The predicted molar refractivity (Wildman–Crippen MR) is 45.7 cm³/mol. The number of aliphatic hydroxyl groups is 1. The third-order valence-electron chi connectivity index (χ3n) is 1.14. The molecule has 72 valence electrons. The van der Waals surface area contributed by atoms with Gasteiger partial charge in [0.05, 0.1) is 12.4 Å². The van der Waals surface area contributed by atoms with Crippen LogP contribution in [0, 0.1) is 0 Å². The van der Waals surface area contributed by atoms with Gasteiger partial charge in [0.25, 0.3) is 0 Å². The fourth-order valence-electron chi connectivity index (χ4n) is 0.653. The first kappa shape index (κ1) is 11.8. The standard InChI is InChI=1S/C6H14NO4P/c1-2-3-6(8)4-7-5-12(9,10)11/h2,6-8H,1,3-5H2,(H2,9,10,11). The molecular weight excluding hydrogens is 181 g/mol. The molecule has 0 aromatic rings. The van der Waals surface area contributed by atoms with Crippen molar-refractivity contribution >= 4 is 7.60 Å². The SMILES string of the molecule is C=CCC(O)CNCP(=O)(O)O. The molecule has 0 heterocycles. The molecule has 0 aliphatic carbocycles. The van der Waals surface area contributed by atoms with E-state index in [-0.39, 0.29) is 6.54 Å². The van der Waals surface area contributed by atoms with Gasteiger partial charge in [-0.1, -0.05) is 6.08 Å². The van der Waals surface area contributed by atoms with Crippen molar-refractivity contribution in [3.05, 3.63) is 12.7 Å². The molecule has 12 heavy (non-hydrogen) atoms. The van der Waals surface area contributed by atoms with Crippen LogP contribution in [0.1, 0.15) is 6.42 Å². The van der Waals surface area contributed by atoms with Gasteiger partial charge in [0.15, 0.2) is 0 Å². The van der Waals surface area contributed by atoms with Crippen molar-refractivity contribution in [1.82, 2.24) is 5.32 Å². The smallest absolute Gasteiger partial charge is 0.339 e. The molecule has 6 heteroatoms. The minimum Gasteiger partial charge on any atom is -0.391 e.